The predicted molar refractivity (Wildman–Crippen MR) is 111 cm³/mol. The summed E-state index contributed by atoms with van der Waals surface area (Å²) in [5, 5.41) is 5.00. The summed E-state index contributed by atoms with van der Waals surface area (Å²) in [6.45, 7) is 2.09. The third-order valence-electron chi connectivity index (χ3n) is 4.69. The summed E-state index contributed by atoms with van der Waals surface area (Å²) in [5.41, 5.74) is 6.68. The van der Waals surface area contributed by atoms with E-state index in [0.29, 0.717) is 23.4 Å². The third kappa shape index (κ3) is 3.78. The predicted octanol–water partition coefficient (Wildman–Crippen LogP) is 4.46. The van der Waals surface area contributed by atoms with Crippen LogP contribution in [0.5, 0.6) is 0 Å². The van der Waals surface area contributed by atoms with Gasteiger partial charge in [-0.25, -0.2) is 9.80 Å². The third-order valence-corrected chi connectivity index (χ3v) is 4.69. The summed E-state index contributed by atoms with van der Waals surface area (Å²) >= 11 is 0. The number of para-hydroxylation sites is 1. The van der Waals surface area contributed by atoms with Gasteiger partial charge in [0.2, 0.25) is 0 Å². The molecule has 0 aromatic heterocycles. The normalized spacial score (nSPS) is 15.3. The number of rotatable bonds is 5. The molecule has 0 spiro atoms. The van der Waals surface area contributed by atoms with E-state index in [1.165, 1.54) is 0 Å². The van der Waals surface area contributed by atoms with Gasteiger partial charge in [-0.3, -0.25) is 10.2 Å². The monoisotopic (exact) mass is 387 g/mol. The van der Waals surface area contributed by atoms with E-state index in [2.05, 4.69) is 10.7 Å². The van der Waals surface area contributed by atoms with Crippen LogP contribution in [0.4, 0.5) is 11.4 Å². The zero-order chi connectivity index (χ0) is 20.2. The Morgan fingerprint density at radius 3 is 2.41 bits per heavy atom. The van der Waals surface area contributed by atoms with Gasteiger partial charge in [0.05, 0.1) is 23.4 Å². The minimum atomic E-state index is -0.386. The number of anilines is 2. The van der Waals surface area contributed by atoms with Crippen molar-refractivity contribution in [3.05, 3.63) is 95.6 Å². The molecule has 0 bridgehead atoms. The second kappa shape index (κ2) is 8.06. The molecule has 1 amide bonds. The molecule has 6 nitrogen and oxygen atoms in total. The van der Waals surface area contributed by atoms with E-state index >= 15 is 0 Å². The van der Waals surface area contributed by atoms with Crippen LogP contribution in [-0.4, -0.2) is 23.5 Å². The average molecular weight is 387 g/mol. The number of hydrogen-bond acceptors (Lipinski definition) is 5. The van der Waals surface area contributed by atoms with Crippen molar-refractivity contribution in [1.82, 2.24) is 5.01 Å². The van der Waals surface area contributed by atoms with Crippen molar-refractivity contribution in [3.63, 3.8) is 0 Å². The van der Waals surface area contributed by atoms with Crippen molar-refractivity contribution < 1.29 is 14.3 Å². The fraction of sp³-hybridized carbons (Fsp3) is 0.130. The zero-order valence-corrected chi connectivity index (χ0v) is 16.0. The van der Waals surface area contributed by atoms with Gasteiger partial charge in [-0.1, -0.05) is 42.5 Å². The van der Waals surface area contributed by atoms with Crippen LogP contribution in [-0.2, 0) is 4.74 Å². The number of nitrogens with one attached hydrogen (secondary N) is 2. The Kier molecular flexibility index (Phi) is 5.16. The quantitative estimate of drug-likeness (QED) is 0.633. The van der Waals surface area contributed by atoms with Crippen LogP contribution >= 0.6 is 0 Å². The summed E-state index contributed by atoms with van der Waals surface area (Å²) in [4.78, 5) is 25.1. The SMILES string of the molecule is CCOC(=O)c1ccc(NN2C(=O)c3ccccc3NC2c2ccccc2)cc1. The summed E-state index contributed by atoms with van der Waals surface area (Å²) in [6, 6.07) is 24.0. The van der Waals surface area contributed by atoms with Crippen LogP contribution in [0.1, 0.15) is 39.4 Å². The molecule has 1 heterocycles. The lowest BCUT2D eigenvalue weighted by Crippen LogP contribution is -2.46. The van der Waals surface area contributed by atoms with Crippen molar-refractivity contribution in [2.24, 2.45) is 0 Å². The fourth-order valence-electron chi connectivity index (χ4n) is 3.27. The average Bonchev–Trinajstić information content (AvgIpc) is 2.77. The molecule has 0 aliphatic carbocycles. The maximum Gasteiger partial charge on any atom is 0.338 e. The van der Waals surface area contributed by atoms with Crippen LogP contribution in [0.15, 0.2) is 78.9 Å². The molecule has 0 fully saturated rings. The van der Waals surface area contributed by atoms with Crippen molar-refractivity contribution in [3.8, 4) is 0 Å². The molecule has 2 N–H and O–H groups in total. The van der Waals surface area contributed by atoms with Gasteiger partial charge in [0.25, 0.3) is 5.91 Å². The molecule has 1 aliphatic heterocycles. The lowest BCUT2D eigenvalue weighted by molar-refractivity contribution is 0.0526. The summed E-state index contributed by atoms with van der Waals surface area (Å²) in [6.07, 6.45) is -0.386. The van der Waals surface area contributed by atoms with E-state index in [1.54, 1.807) is 42.3 Å². The molecule has 1 atom stereocenters. The molecular formula is C23H21N3O3. The molecule has 1 unspecified atom stereocenters. The standard InChI is InChI=1S/C23H21N3O3/c1-2-29-23(28)17-12-14-18(15-13-17)25-26-21(16-8-4-3-5-9-16)24-20-11-7-6-10-19(20)22(26)27/h3-15,21,24-25H,2H2,1H3. The molecule has 3 aromatic rings. The maximum absolute atomic E-state index is 13.2. The number of fused-ring (bicyclic) bond motifs is 1. The van der Waals surface area contributed by atoms with Gasteiger partial charge < -0.3 is 10.1 Å². The van der Waals surface area contributed by atoms with Gasteiger partial charge >= 0.3 is 5.97 Å². The van der Waals surface area contributed by atoms with Gasteiger partial charge in [-0.15, -0.1) is 0 Å². The number of benzene rings is 3. The van der Waals surface area contributed by atoms with E-state index in [9.17, 15) is 9.59 Å². The molecule has 6 heteroatoms. The topological polar surface area (TPSA) is 70.7 Å². The molecule has 0 saturated carbocycles. The number of hydrazine groups is 1. The smallest absolute Gasteiger partial charge is 0.338 e. The second-order valence-electron chi connectivity index (χ2n) is 6.59. The van der Waals surface area contributed by atoms with Crippen LogP contribution < -0.4 is 10.7 Å². The Morgan fingerprint density at radius 1 is 1.00 bits per heavy atom. The minimum Gasteiger partial charge on any atom is -0.462 e. The van der Waals surface area contributed by atoms with E-state index in [0.717, 1.165) is 11.3 Å². The molecular weight excluding hydrogens is 366 g/mol. The zero-order valence-electron chi connectivity index (χ0n) is 16.0. The first kappa shape index (κ1) is 18.6. The molecule has 0 radical (unpaired) electrons. The number of amides is 1. The van der Waals surface area contributed by atoms with Gasteiger partial charge in [0, 0.05) is 5.69 Å². The van der Waals surface area contributed by atoms with Crippen molar-refractivity contribution >= 4 is 23.3 Å². The van der Waals surface area contributed by atoms with Crippen molar-refractivity contribution in [2.45, 2.75) is 13.1 Å². The van der Waals surface area contributed by atoms with Gasteiger partial charge in [0.1, 0.15) is 6.17 Å². The van der Waals surface area contributed by atoms with E-state index in [4.69, 9.17) is 4.74 Å². The number of carbonyl (C=O) groups excluding carboxylic acids is 2. The Hall–Kier alpha value is -3.80. The van der Waals surface area contributed by atoms with E-state index in [1.807, 2.05) is 48.5 Å². The Bertz CT molecular complexity index is 1020. The maximum atomic E-state index is 13.2. The lowest BCUT2D eigenvalue weighted by atomic mass is 10.0. The van der Waals surface area contributed by atoms with E-state index in [-0.39, 0.29) is 18.0 Å². The Morgan fingerprint density at radius 2 is 1.69 bits per heavy atom. The second-order valence-corrected chi connectivity index (χ2v) is 6.59. The number of carbonyl (C=O) groups is 2. The van der Waals surface area contributed by atoms with Crippen LogP contribution in [0.3, 0.4) is 0 Å². The molecule has 0 saturated heterocycles. The highest BCUT2D eigenvalue weighted by atomic mass is 16.5. The molecule has 29 heavy (non-hydrogen) atoms. The first-order valence-electron chi connectivity index (χ1n) is 9.45. The first-order chi connectivity index (χ1) is 14.2. The van der Waals surface area contributed by atoms with Crippen molar-refractivity contribution in [1.29, 1.82) is 0 Å². The Balaban J connectivity index is 1.64. The number of nitrogens with zero attached hydrogens (tertiary/aromatic N) is 1. The van der Waals surface area contributed by atoms with Crippen LogP contribution in [0.2, 0.25) is 0 Å². The highest BCUT2D eigenvalue weighted by Crippen LogP contribution is 2.33. The molecule has 1 aliphatic rings. The van der Waals surface area contributed by atoms with Gasteiger partial charge in [-0.05, 0) is 48.9 Å². The minimum absolute atomic E-state index is 0.136. The van der Waals surface area contributed by atoms with E-state index < -0.39 is 0 Å². The molecule has 146 valence electrons. The van der Waals surface area contributed by atoms with Crippen LogP contribution in [0.25, 0.3) is 0 Å². The fourth-order valence-corrected chi connectivity index (χ4v) is 3.27. The number of esters is 1. The highest BCUT2D eigenvalue weighted by molar-refractivity contribution is 6.02. The summed E-state index contributed by atoms with van der Waals surface area (Å²) in [7, 11) is 0. The largest absolute Gasteiger partial charge is 0.462 e. The van der Waals surface area contributed by atoms with Gasteiger partial charge in [-0.2, -0.15) is 0 Å². The lowest BCUT2D eigenvalue weighted by Gasteiger charge is -2.38. The number of ether oxygens (including phenoxy) is 1. The van der Waals surface area contributed by atoms with Gasteiger partial charge in [0.15, 0.2) is 0 Å². The van der Waals surface area contributed by atoms with Crippen molar-refractivity contribution in [2.75, 3.05) is 17.3 Å². The molecule has 4 rings (SSSR count). The first-order valence-corrected chi connectivity index (χ1v) is 9.45. The molecule has 3 aromatic carbocycles. The number of hydrogen-bond donors (Lipinski definition) is 2. The van der Waals surface area contributed by atoms with Crippen LogP contribution in [0, 0.1) is 0 Å². The summed E-state index contributed by atoms with van der Waals surface area (Å²) < 4.78 is 5.01. The Labute approximate surface area is 169 Å². The summed E-state index contributed by atoms with van der Waals surface area (Å²) in [5.74, 6) is -0.506. The highest BCUT2D eigenvalue weighted by Gasteiger charge is 2.33.